The molecule has 0 aliphatic carbocycles. The Morgan fingerprint density at radius 1 is 1.29 bits per heavy atom. The monoisotopic (exact) mass is 367 g/mol. The molecule has 0 heterocycles. The summed E-state index contributed by atoms with van der Waals surface area (Å²) in [6.07, 6.45) is -0.622. The van der Waals surface area contributed by atoms with E-state index in [2.05, 4.69) is 21.2 Å². The minimum atomic E-state index is -0.622. The van der Waals surface area contributed by atoms with E-state index in [1.54, 1.807) is 25.1 Å². The third kappa shape index (κ3) is 4.48. The fourth-order valence-corrected chi connectivity index (χ4v) is 2.56. The molecule has 0 radical (unpaired) electrons. The number of carbonyl (C=O) groups excluding carboxylic acids is 1. The summed E-state index contributed by atoms with van der Waals surface area (Å²) < 4.78 is 6.36. The molecule has 0 fully saturated rings. The van der Waals surface area contributed by atoms with Crippen molar-refractivity contribution in [3.05, 3.63) is 57.5 Å². The van der Waals surface area contributed by atoms with Crippen LogP contribution in [0.1, 0.15) is 12.5 Å². The minimum Gasteiger partial charge on any atom is -0.480 e. The lowest BCUT2D eigenvalue weighted by Gasteiger charge is -2.16. The molecule has 2 rings (SSSR count). The average molecular weight is 369 g/mol. The summed E-state index contributed by atoms with van der Waals surface area (Å²) >= 11 is 9.23. The smallest absolute Gasteiger partial charge is 0.265 e. The predicted molar refractivity (Wildman–Crippen MR) is 89.1 cm³/mol. The molecule has 0 aliphatic rings. The highest BCUT2D eigenvalue weighted by molar-refractivity contribution is 9.10. The molecule has 0 saturated carbocycles. The van der Waals surface area contributed by atoms with E-state index < -0.39 is 6.10 Å². The SMILES string of the molecule is Cc1cccc(NC(=O)C(C)Oc2ccc(Cl)cc2Br)c1. The molecule has 0 bridgehead atoms. The second-order valence-corrected chi connectivity index (χ2v) is 5.98. The largest absolute Gasteiger partial charge is 0.480 e. The Bertz CT molecular complexity index is 660. The number of hydrogen-bond donors (Lipinski definition) is 1. The predicted octanol–water partition coefficient (Wildman–Crippen LogP) is 4.82. The topological polar surface area (TPSA) is 38.3 Å². The molecule has 3 nitrogen and oxygen atoms in total. The van der Waals surface area contributed by atoms with Crippen LogP contribution in [0.15, 0.2) is 46.9 Å². The number of rotatable bonds is 4. The van der Waals surface area contributed by atoms with E-state index >= 15 is 0 Å². The highest BCUT2D eigenvalue weighted by Crippen LogP contribution is 2.28. The van der Waals surface area contributed by atoms with Gasteiger partial charge in [-0.25, -0.2) is 0 Å². The van der Waals surface area contributed by atoms with Crippen molar-refractivity contribution in [2.45, 2.75) is 20.0 Å². The first-order valence-corrected chi connectivity index (χ1v) is 7.62. The van der Waals surface area contributed by atoms with Crippen LogP contribution in [0.5, 0.6) is 5.75 Å². The number of ether oxygens (including phenoxy) is 1. The Hall–Kier alpha value is -1.52. The molecule has 110 valence electrons. The van der Waals surface area contributed by atoms with Crippen LogP contribution >= 0.6 is 27.5 Å². The summed E-state index contributed by atoms with van der Waals surface area (Å²) in [5, 5.41) is 3.43. The van der Waals surface area contributed by atoms with Gasteiger partial charge in [-0.3, -0.25) is 4.79 Å². The quantitative estimate of drug-likeness (QED) is 0.840. The van der Waals surface area contributed by atoms with Crippen molar-refractivity contribution >= 4 is 39.1 Å². The summed E-state index contributed by atoms with van der Waals surface area (Å²) in [6.45, 7) is 3.67. The Morgan fingerprint density at radius 2 is 2.05 bits per heavy atom. The first-order valence-electron chi connectivity index (χ1n) is 6.45. The summed E-state index contributed by atoms with van der Waals surface area (Å²) in [4.78, 5) is 12.1. The van der Waals surface area contributed by atoms with Crippen LogP contribution in [0.3, 0.4) is 0 Å². The lowest BCUT2D eigenvalue weighted by molar-refractivity contribution is -0.122. The molecule has 0 aliphatic heterocycles. The molecule has 2 aromatic rings. The first-order chi connectivity index (χ1) is 9.95. The fourth-order valence-electron chi connectivity index (χ4n) is 1.78. The molecular formula is C16H15BrClNO2. The number of anilines is 1. The van der Waals surface area contributed by atoms with Gasteiger partial charge >= 0.3 is 0 Å². The summed E-state index contributed by atoms with van der Waals surface area (Å²) in [6, 6.07) is 12.8. The molecule has 1 N–H and O–H groups in total. The maximum atomic E-state index is 12.1. The van der Waals surface area contributed by atoms with Crippen molar-refractivity contribution in [3.8, 4) is 5.75 Å². The van der Waals surface area contributed by atoms with Crippen molar-refractivity contribution in [1.29, 1.82) is 0 Å². The number of carbonyl (C=O) groups is 1. The lowest BCUT2D eigenvalue weighted by Crippen LogP contribution is -2.30. The molecule has 0 spiro atoms. The molecular weight excluding hydrogens is 354 g/mol. The molecule has 5 heteroatoms. The molecule has 1 atom stereocenters. The van der Waals surface area contributed by atoms with E-state index in [1.807, 2.05) is 31.2 Å². The molecule has 0 aromatic heterocycles. The highest BCUT2D eigenvalue weighted by atomic mass is 79.9. The van der Waals surface area contributed by atoms with Crippen molar-refractivity contribution in [1.82, 2.24) is 0 Å². The zero-order chi connectivity index (χ0) is 15.4. The van der Waals surface area contributed by atoms with E-state index in [1.165, 1.54) is 0 Å². The van der Waals surface area contributed by atoms with E-state index in [9.17, 15) is 4.79 Å². The average Bonchev–Trinajstić information content (AvgIpc) is 2.41. The van der Waals surface area contributed by atoms with Gasteiger partial charge in [-0.15, -0.1) is 0 Å². The van der Waals surface area contributed by atoms with Gasteiger partial charge in [0.1, 0.15) is 5.75 Å². The number of nitrogens with one attached hydrogen (secondary N) is 1. The highest BCUT2D eigenvalue weighted by Gasteiger charge is 2.16. The Labute approximate surface area is 137 Å². The van der Waals surface area contributed by atoms with Crippen molar-refractivity contribution in [2.24, 2.45) is 0 Å². The zero-order valence-corrected chi connectivity index (χ0v) is 14.0. The normalized spacial score (nSPS) is 11.8. The molecule has 1 amide bonds. The number of amides is 1. The summed E-state index contributed by atoms with van der Waals surface area (Å²) in [7, 11) is 0. The Morgan fingerprint density at radius 3 is 2.71 bits per heavy atom. The molecule has 21 heavy (non-hydrogen) atoms. The van der Waals surface area contributed by atoms with Crippen molar-refractivity contribution < 1.29 is 9.53 Å². The zero-order valence-electron chi connectivity index (χ0n) is 11.7. The first kappa shape index (κ1) is 15.9. The van der Waals surface area contributed by atoms with Gasteiger partial charge in [-0.2, -0.15) is 0 Å². The van der Waals surface area contributed by atoms with Gasteiger partial charge in [0, 0.05) is 10.7 Å². The molecule has 0 saturated heterocycles. The second kappa shape index (κ2) is 6.96. The van der Waals surface area contributed by atoms with Crippen LogP contribution in [0.2, 0.25) is 5.02 Å². The maximum absolute atomic E-state index is 12.1. The number of benzene rings is 2. The fraction of sp³-hybridized carbons (Fsp3) is 0.188. The van der Waals surface area contributed by atoms with Crippen LogP contribution in [0, 0.1) is 6.92 Å². The van der Waals surface area contributed by atoms with Crippen LogP contribution in [-0.4, -0.2) is 12.0 Å². The van der Waals surface area contributed by atoms with Crippen molar-refractivity contribution in [3.63, 3.8) is 0 Å². The minimum absolute atomic E-state index is 0.206. The van der Waals surface area contributed by atoms with E-state index in [4.69, 9.17) is 16.3 Å². The van der Waals surface area contributed by atoms with Crippen LogP contribution in [0.25, 0.3) is 0 Å². The number of hydrogen-bond acceptors (Lipinski definition) is 2. The summed E-state index contributed by atoms with van der Waals surface area (Å²) in [5.74, 6) is 0.369. The van der Waals surface area contributed by atoms with Gasteiger partial charge in [0.05, 0.1) is 4.47 Å². The third-order valence-corrected chi connectivity index (χ3v) is 3.71. The maximum Gasteiger partial charge on any atom is 0.265 e. The van der Waals surface area contributed by atoms with E-state index in [0.717, 1.165) is 11.3 Å². The number of halogens is 2. The van der Waals surface area contributed by atoms with Crippen LogP contribution in [-0.2, 0) is 4.79 Å². The second-order valence-electron chi connectivity index (χ2n) is 4.69. The van der Waals surface area contributed by atoms with Crippen LogP contribution in [0.4, 0.5) is 5.69 Å². The van der Waals surface area contributed by atoms with Gasteiger partial charge in [-0.05, 0) is 65.7 Å². The van der Waals surface area contributed by atoms with Gasteiger partial charge in [-0.1, -0.05) is 23.7 Å². The van der Waals surface area contributed by atoms with E-state index in [0.29, 0.717) is 15.2 Å². The molecule has 2 aromatic carbocycles. The standard InChI is InChI=1S/C16H15BrClNO2/c1-10-4-3-5-13(8-10)19-16(20)11(2)21-15-7-6-12(18)9-14(15)17/h3-9,11H,1-2H3,(H,19,20). The third-order valence-electron chi connectivity index (χ3n) is 2.85. The van der Waals surface area contributed by atoms with Gasteiger partial charge in [0.15, 0.2) is 6.10 Å². The van der Waals surface area contributed by atoms with Gasteiger partial charge < -0.3 is 10.1 Å². The lowest BCUT2D eigenvalue weighted by atomic mass is 10.2. The van der Waals surface area contributed by atoms with Crippen molar-refractivity contribution in [2.75, 3.05) is 5.32 Å². The number of aryl methyl sites for hydroxylation is 1. The Kier molecular flexibility index (Phi) is 5.26. The van der Waals surface area contributed by atoms with Gasteiger partial charge in [0.2, 0.25) is 0 Å². The van der Waals surface area contributed by atoms with E-state index in [-0.39, 0.29) is 5.91 Å². The summed E-state index contributed by atoms with van der Waals surface area (Å²) in [5.41, 5.74) is 1.84. The van der Waals surface area contributed by atoms with Crippen LogP contribution < -0.4 is 10.1 Å². The molecule has 1 unspecified atom stereocenters. The van der Waals surface area contributed by atoms with Gasteiger partial charge in [0.25, 0.3) is 5.91 Å². The Balaban J connectivity index is 2.02.